The number of phenolic OH excluding ortho intramolecular Hbond substituents is 1. The molecular formula is C13H12BrNO2. The Morgan fingerprint density at radius 2 is 1.82 bits per heavy atom. The average molecular weight is 294 g/mol. The zero-order valence-corrected chi connectivity index (χ0v) is 10.6. The van der Waals surface area contributed by atoms with Crippen molar-refractivity contribution in [3.8, 4) is 5.75 Å². The van der Waals surface area contributed by atoms with Gasteiger partial charge in [-0.2, -0.15) is 0 Å². The predicted molar refractivity (Wildman–Crippen MR) is 70.7 cm³/mol. The Balaban J connectivity index is 2.44. The van der Waals surface area contributed by atoms with E-state index in [9.17, 15) is 10.2 Å². The van der Waals surface area contributed by atoms with Crippen LogP contribution in [0.3, 0.4) is 0 Å². The van der Waals surface area contributed by atoms with E-state index >= 15 is 0 Å². The molecule has 0 saturated carbocycles. The summed E-state index contributed by atoms with van der Waals surface area (Å²) in [6.45, 7) is 0. The van der Waals surface area contributed by atoms with Gasteiger partial charge in [0.05, 0.1) is 5.69 Å². The number of benzene rings is 2. The van der Waals surface area contributed by atoms with Crippen LogP contribution in [0.25, 0.3) is 0 Å². The number of hydrogen-bond donors (Lipinski definition) is 3. The first-order chi connectivity index (χ1) is 8.09. The molecule has 1 atom stereocenters. The lowest BCUT2D eigenvalue weighted by Crippen LogP contribution is -2.03. The number of phenols is 1. The first kappa shape index (κ1) is 12.0. The molecule has 0 aromatic heterocycles. The van der Waals surface area contributed by atoms with Gasteiger partial charge in [0.25, 0.3) is 0 Å². The van der Waals surface area contributed by atoms with Crippen LogP contribution in [0.5, 0.6) is 5.75 Å². The second kappa shape index (κ2) is 4.77. The molecule has 0 bridgehead atoms. The third kappa shape index (κ3) is 2.43. The molecule has 2 aromatic rings. The molecule has 0 amide bonds. The highest BCUT2D eigenvalue weighted by Gasteiger charge is 2.15. The summed E-state index contributed by atoms with van der Waals surface area (Å²) < 4.78 is 0.882. The lowest BCUT2D eigenvalue weighted by molar-refractivity contribution is 0.220. The molecule has 3 nitrogen and oxygen atoms in total. The SMILES string of the molecule is Nc1c(O)cccc1C(O)c1cccc(Br)c1. The Kier molecular flexibility index (Phi) is 3.36. The summed E-state index contributed by atoms with van der Waals surface area (Å²) >= 11 is 3.34. The standard InChI is InChI=1S/C13H12BrNO2/c14-9-4-1-3-8(7-9)13(17)10-5-2-6-11(16)12(10)15/h1-7,13,16-17H,15H2. The van der Waals surface area contributed by atoms with Gasteiger partial charge in [0.15, 0.2) is 0 Å². The minimum absolute atomic E-state index is 0.0171. The molecular weight excluding hydrogens is 282 g/mol. The fraction of sp³-hybridized carbons (Fsp3) is 0.0769. The summed E-state index contributed by atoms with van der Waals surface area (Å²) in [5.74, 6) is -0.0171. The summed E-state index contributed by atoms with van der Waals surface area (Å²) in [5, 5.41) is 19.7. The van der Waals surface area contributed by atoms with Crippen LogP contribution in [0.4, 0.5) is 5.69 Å². The minimum Gasteiger partial charge on any atom is -0.506 e. The first-order valence-electron chi connectivity index (χ1n) is 5.10. The largest absolute Gasteiger partial charge is 0.506 e. The van der Waals surface area contributed by atoms with Gasteiger partial charge in [-0.3, -0.25) is 0 Å². The Hall–Kier alpha value is -1.52. The van der Waals surface area contributed by atoms with E-state index in [-0.39, 0.29) is 11.4 Å². The van der Waals surface area contributed by atoms with Gasteiger partial charge >= 0.3 is 0 Å². The number of nitrogens with two attached hydrogens (primary N) is 1. The van der Waals surface area contributed by atoms with Crippen LogP contribution in [0.2, 0.25) is 0 Å². The van der Waals surface area contributed by atoms with E-state index in [0.29, 0.717) is 5.56 Å². The number of aromatic hydroxyl groups is 1. The van der Waals surface area contributed by atoms with E-state index in [1.807, 2.05) is 18.2 Å². The molecule has 17 heavy (non-hydrogen) atoms. The van der Waals surface area contributed by atoms with Crippen LogP contribution in [-0.4, -0.2) is 10.2 Å². The van der Waals surface area contributed by atoms with Crippen LogP contribution >= 0.6 is 15.9 Å². The highest BCUT2D eigenvalue weighted by molar-refractivity contribution is 9.10. The maximum Gasteiger partial charge on any atom is 0.138 e. The van der Waals surface area contributed by atoms with Gasteiger partial charge in [0.2, 0.25) is 0 Å². The number of anilines is 1. The summed E-state index contributed by atoms with van der Waals surface area (Å²) in [7, 11) is 0. The summed E-state index contributed by atoms with van der Waals surface area (Å²) in [6.07, 6.45) is -0.848. The molecule has 0 spiro atoms. The van der Waals surface area contributed by atoms with Gasteiger partial charge in [-0.1, -0.05) is 40.2 Å². The van der Waals surface area contributed by atoms with Gasteiger partial charge in [0, 0.05) is 10.0 Å². The molecule has 1 unspecified atom stereocenters. The Labute approximate surface area is 108 Å². The topological polar surface area (TPSA) is 66.5 Å². The van der Waals surface area contributed by atoms with Crippen molar-refractivity contribution in [1.82, 2.24) is 0 Å². The monoisotopic (exact) mass is 293 g/mol. The quantitative estimate of drug-likeness (QED) is 0.589. The normalized spacial score (nSPS) is 12.4. The number of rotatable bonds is 2. The minimum atomic E-state index is -0.848. The van der Waals surface area contributed by atoms with Crippen LogP contribution in [0.1, 0.15) is 17.2 Å². The molecule has 2 aromatic carbocycles. The third-order valence-electron chi connectivity index (χ3n) is 2.58. The van der Waals surface area contributed by atoms with Gasteiger partial charge < -0.3 is 15.9 Å². The van der Waals surface area contributed by atoms with E-state index in [1.165, 1.54) is 6.07 Å². The number of aliphatic hydroxyl groups excluding tert-OH is 1. The predicted octanol–water partition coefficient (Wildman–Crippen LogP) is 2.82. The maximum absolute atomic E-state index is 10.2. The van der Waals surface area contributed by atoms with Gasteiger partial charge in [-0.15, -0.1) is 0 Å². The molecule has 88 valence electrons. The van der Waals surface area contributed by atoms with Crippen molar-refractivity contribution in [1.29, 1.82) is 0 Å². The van der Waals surface area contributed by atoms with Crippen LogP contribution in [0, 0.1) is 0 Å². The Morgan fingerprint density at radius 1 is 1.12 bits per heavy atom. The average Bonchev–Trinajstić information content (AvgIpc) is 2.32. The molecule has 0 aliphatic carbocycles. The lowest BCUT2D eigenvalue weighted by atomic mass is 10.00. The molecule has 0 saturated heterocycles. The van der Waals surface area contributed by atoms with Crippen molar-refractivity contribution >= 4 is 21.6 Å². The van der Waals surface area contributed by atoms with Crippen molar-refractivity contribution in [2.24, 2.45) is 0 Å². The van der Waals surface area contributed by atoms with Gasteiger partial charge in [0.1, 0.15) is 11.9 Å². The molecule has 0 radical (unpaired) electrons. The highest BCUT2D eigenvalue weighted by atomic mass is 79.9. The maximum atomic E-state index is 10.2. The lowest BCUT2D eigenvalue weighted by Gasteiger charge is -2.14. The molecule has 0 aliphatic rings. The molecule has 0 aliphatic heterocycles. The Morgan fingerprint density at radius 3 is 2.53 bits per heavy atom. The fourth-order valence-electron chi connectivity index (χ4n) is 1.67. The van der Waals surface area contributed by atoms with Gasteiger partial charge in [-0.25, -0.2) is 0 Å². The van der Waals surface area contributed by atoms with E-state index in [2.05, 4.69) is 15.9 Å². The first-order valence-corrected chi connectivity index (χ1v) is 5.90. The second-order valence-corrected chi connectivity index (χ2v) is 4.65. The van der Waals surface area contributed by atoms with Crippen molar-refractivity contribution in [2.75, 3.05) is 5.73 Å². The number of para-hydroxylation sites is 1. The smallest absolute Gasteiger partial charge is 0.138 e. The van der Waals surface area contributed by atoms with Crippen LogP contribution < -0.4 is 5.73 Å². The second-order valence-electron chi connectivity index (χ2n) is 3.74. The molecule has 2 rings (SSSR count). The van der Waals surface area contributed by atoms with Crippen molar-refractivity contribution < 1.29 is 10.2 Å². The number of nitrogen functional groups attached to an aromatic ring is 1. The van der Waals surface area contributed by atoms with Crippen LogP contribution in [0.15, 0.2) is 46.9 Å². The molecule has 4 N–H and O–H groups in total. The molecule has 4 heteroatoms. The number of aliphatic hydroxyl groups is 1. The zero-order chi connectivity index (χ0) is 12.4. The van der Waals surface area contributed by atoms with Crippen molar-refractivity contribution in [2.45, 2.75) is 6.10 Å². The summed E-state index contributed by atoms with van der Waals surface area (Å²) in [5.41, 5.74) is 7.17. The summed E-state index contributed by atoms with van der Waals surface area (Å²) in [6, 6.07) is 12.2. The van der Waals surface area contributed by atoms with Crippen LogP contribution in [-0.2, 0) is 0 Å². The number of halogens is 1. The van der Waals surface area contributed by atoms with E-state index < -0.39 is 6.10 Å². The van der Waals surface area contributed by atoms with E-state index in [4.69, 9.17) is 5.73 Å². The fourth-order valence-corrected chi connectivity index (χ4v) is 2.08. The van der Waals surface area contributed by atoms with Gasteiger partial charge in [-0.05, 0) is 23.8 Å². The van der Waals surface area contributed by atoms with E-state index in [0.717, 1.165) is 10.0 Å². The number of hydrogen-bond acceptors (Lipinski definition) is 3. The molecule has 0 fully saturated rings. The summed E-state index contributed by atoms with van der Waals surface area (Å²) in [4.78, 5) is 0. The molecule has 0 heterocycles. The van der Waals surface area contributed by atoms with Crippen molar-refractivity contribution in [3.63, 3.8) is 0 Å². The van der Waals surface area contributed by atoms with E-state index in [1.54, 1.807) is 18.2 Å². The zero-order valence-electron chi connectivity index (χ0n) is 8.97. The Bertz CT molecular complexity index is 543. The van der Waals surface area contributed by atoms with Crippen molar-refractivity contribution in [3.05, 3.63) is 58.1 Å². The highest BCUT2D eigenvalue weighted by Crippen LogP contribution is 2.32. The third-order valence-corrected chi connectivity index (χ3v) is 3.07.